The lowest BCUT2D eigenvalue weighted by atomic mass is 10.7. The van der Waals surface area contributed by atoms with Crippen molar-refractivity contribution in [1.82, 2.24) is 0 Å². The fourth-order valence-electron chi connectivity index (χ4n) is 0.160. The molecule has 0 amide bonds. The number of hydrogen-bond donors (Lipinski definition) is 1. The average Bonchev–Trinajstić information content (AvgIpc) is 1.59. The SMILES string of the molecule is O=S(=O)(F)C(O)C(F)(F)F. The van der Waals surface area contributed by atoms with E-state index in [1.807, 2.05) is 0 Å². The third-order valence-corrected chi connectivity index (χ3v) is 1.35. The normalized spacial score (nSPS) is 16.9. The molecule has 62 valence electrons. The second kappa shape index (κ2) is 2.35. The second-order valence-corrected chi connectivity index (χ2v) is 2.77. The summed E-state index contributed by atoms with van der Waals surface area (Å²) in [6.07, 6.45) is -5.46. The van der Waals surface area contributed by atoms with Crippen molar-refractivity contribution in [1.29, 1.82) is 0 Å². The van der Waals surface area contributed by atoms with Gasteiger partial charge in [-0.05, 0) is 0 Å². The van der Waals surface area contributed by atoms with E-state index in [1.54, 1.807) is 0 Å². The van der Waals surface area contributed by atoms with Crippen LogP contribution in [0.2, 0.25) is 0 Å². The molecular weight excluding hydrogens is 180 g/mol. The summed E-state index contributed by atoms with van der Waals surface area (Å²) < 4.78 is 63.2. The molecule has 1 atom stereocenters. The maximum Gasteiger partial charge on any atom is 0.431 e. The van der Waals surface area contributed by atoms with Gasteiger partial charge in [0, 0.05) is 0 Å². The van der Waals surface area contributed by atoms with Crippen molar-refractivity contribution < 1.29 is 30.6 Å². The topological polar surface area (TPSA) is 54.4 Å². The van der Waals surface area contributed by atoms with Gasteiger partial charge in [-0.2, -0.15) is 21.6 Å². The van der Waals surface area contributed by atoms with Crippen LogP contribution in [0.25, 0.3) is 0 Å². The quantitative estimate of drug-likeness (QED) is 0.464. The Morgan fingerprint density at radius 1 is 1.30 bits per heavy atom. The van der Waals surface area contributed by atoms with Gasteiger partial charge in [0.15, 0.2) is 0 Å². The van der Waals surface area contributed by atoms with Gasteiger partial charge in [-0.15, -0.1) is 3.89 Å². The van der Waals surface area contributed by atoms with E-state index in [-0.39, 0.29) is 0 Å². The lowest BCUT2D eigenvalue weighted by Gasteiger charge is -2.08. The highest BCUT2D eigenvalue weighted by Gasteiger charge is 2.48. The first-order valence-corrected chi connectivity index (χ1v) is 3.28. The maximum atomic E-state index is 11.3. The van der Waals surface area contributed by atoms with Crippen LogP contribution < -0.4 is 0 Å². The molecule has 0 heterocycles. The molecular formula is C2H2F4O3S. The van der Waals surface area contributed by atoms with Crippen LogP contribution in [0.3, 0.4) is 0 Å². The van der Waals surface area contributed by atoms with Gasteiger partial charge < -0.3 is 5.11 Å². The zero-order chi connectivity index (χ0) is 8.58. The van der Waals surface area contributed by atoms with Gasteiger partial charge in [0.25, 0.3) is 5.44 Å². The standard InChI is InChI=1S/C2H2F4O3S/c3-2(4,5)1(7)10(6,8)9/h1,7H. The predicted molar refractivity (Wildman–Crippen MR) is 22.1 cm³/mol. The van der Waals surface area contributed by atoms with Gasteiger partial charge >= 0.3 is 16.4 Å². The van der Waals surface area contributed by atoms with Gasteiger partial charge in [0.1, 0.15) is 0 Å². The molecule has 0 aliphatic carbocycles. The summed E-state index contributed by atoms with van der Waals surface area (Å²) in [5, 5.41) is 7.63. The van der Waals surface area contributed by atoms with E-state index >= 15 is 0 Å². The number of aliphatic hydroxyl groups excluding tert-OH is 1. The van der Waals surface area contributed by atoms with E-state index in [0.717, 1.165) is 0 Å². The second-order valence-electron chi connectivity index (χ2n) is 1.37. The van der Waals surface area contributed by atoms with Crippen LogP contribution in [-0.4, -0.2) is 25.1 Å². The maximum absolute atomic E-state index is 11.3. The molecule has 0 aromatic heterocycles. The molecule has 1 N–H and O–H groups in total. The summed E-state index contributed by atoms with van der Waals surface area (Å²) >= 11 is 0. The number of halogens is 4. The molecule has 0 fully saturated rings. The third-order valence-electron chi connectivity index (χ3n) is 0.547. The van der Waals surface area contributed by atoms with E-state index in [2.05, 4.69) is 0 Å². The summed E-state index contributed by atoms with van der Waals surface area (Å²) in [5.41, 5.74) is -3.93. The van der Waals surface area contributed by atoms with Crippen LogP contribution in [0.4, 0.5) is 17.1 Å². The molecule has 0 bridgehead atoms. The summed E-state index contributed by atoms with van der Waals surface area (Å²) in [5.74, 6) is 0. The monoisotopic (exact) mass is 182 g/mol. The Morgan fingerprint density at radius 3 is 1.60 bits per heavy atom. The predicted octanol–water partition coefficient (Wildman–Crippen LogP) is 0.166. The molecule has 0 saturated carbocycles. The van der Waals surface area contributed by atoms with Crippen LogP contribution in [0.15, 0.2) is 0 Å². The Hall–Kier alpha value is -0.370. The molecule has 0 aromatic carbocycles. The molecule has 0 aromatic rings. The number of alkyl halides is 3. The van der Waals surface area contributed by atoms with E-state index in [4.69, 9.17) is 5.11 Å². The Morgan fingerprint density at radius 2 is 1.60 bits per heavy atom. The van der Waals surface area contributed by atoms with Crippen LogP contribution in [-0.2, 0) is 10.2 Å². The van der Waals surface area contributed by atoms with Crippen molar-refractivity contribution in [2.24, 2.45) is 0 Å². The number of aliphatic hydroxyl groups is 1. The third kappa shape index (κ3) is 2.48. The van der Waals surface area contributed by atoms with Gasteiger partial charge in [-0.1, -0.05) is 0 Å². The fourth-order valence-corrected chi connectivity index (χ4v) is 0.479. The van der Waals surface area contributed by atoms with Crippen molar-refractivity contribution in [2.45, 2.75) is 11.6 Å². The van der Waals surface area contributed by atoms with Gasteiger partial charge in [0.05, 0.1) is 0 Å². The van der Waals surface area contributed by atoms with Crippen LogP contribution in [0, 0.1) is 0 Å². The Bertz CT molecular complexity index is 203. The minimum atomic E-state index is -5.93. The Kier molecular flexibility index (Phi) is 2.26. The summed E-state index contributed by atoms with van der Waals surface area (Å²) in [4.78, 5) is 0. The number of rotatable bonds is 1. The lowest BCUT2D eigenvalue weighted by molar-refractivity contribution is -0.176. The summed E-state index contributed by atoms with van der Waals surface area (Å²) in [6, 6.07) is 0. The average molecular weight is 182 g/mol. The summed E-state index contributed by atoms with van der Waals surface area (Å²) in [7, 11) is -5.93. The zero-order valence-corrected chi connectivity index (χ0v) is 5.08. The van der Waals surface area contributed by atoms with Crippen LogP contribution >= 0.6 is 0 Å². The smallest absolute Gasteiger partial charge is 0.368 e. The van der Waals surface area contributed by atoms with Crippen LogP contribution in [0.5, 0.6) is 0 Å². The first-order valence-electron chi connectivity index (χ1n) is 1.84. The van der Waals surface area contributed by atoms with Gasteiger partial charge in [-0.3, -0.25) is 0 Å². The van der Waals surface area contributed by atoms with Crippen molar-refractivity contribution in [3.63, 3.8) is 0 Å². The molecule has 0 aliphatic rings. The molecule has 0 radical (unpaired) electrons. The van der Waals surface area contributed by atoms with Crippen molar-refractivity contribution in [3.8, 4) is 0 Å². The number of hydrogen-bond acceptors (Lipinski definition) is 3. The molecule has 0 aliphatic heterocycles. The Balaban J connectivity index is 4.56. The minimum Gasteiger partial charge on any atom is -0.368 e. The fraction of sp³-hybridized carbons (Fsp3) is 1.00. The van der Waals surface area contributed by atoms with E-state index in [0.29, 0.717) is 0 Å². The first-order chi connectivity index (χ1) is 4.15. The van der Waals surface area contributed by atoms with E-state index < -0.39 is 21.8 Å². The minimum absolute atomic E-state index is 3.93. The van der Waals surface area contributed by atoms with Crippen molar-refractivity contribution in [3.05, 3.63) is 0 Å². The van der Waals surface area contributed by atoms with E-state index in [9.17, 15) is 25.5 Å². The highest BCUT2D eigenvalue weighted by molar-refractivity contribution is 7.86. The highest BCUT2D eigenvalue weighted by atomic mass is 32.3. The van der Waals surface area contributed by atoms with Crippen molar-refractivity contribution >= 4 is 10.2 Å². The molecule has 1 unspecified atom stereocenters. The molecule has 3 nitrogen and oxygen atoms in total. The Labute approximate surface area is 53.5 Å². The highest BCUT2D eigenvalue weighted by Crippen LogP contribution is 2.24. The summed E-state index contributed by atoms with van der Waals surface area (Å²) in [6.45, 7) is 0. The van der Waals surface area contributed by atoms with Gasteiger partial charge in [0.2, 0.25) is 0 Å². The first kappa shape index (κ1) is 9.63. The zero-order valence-electron chi connectivity index (χ0n) is 4.26. The van der Waals surface area contributed by atoms with Crippen LogP contribution in [0.1, 0.15) is 0 Å². The molecule has 0 rings (SSSR count). The molecule has 8 heteroatoms. The molecule has 0 saturated heterocycles. The van der Waals surface area contributed by atoms with E-state index in [1.165, 1.54) is 0 Å². The molecule has 0 spiro atoms. The van der Waals surface area contributed by atoms with Gasteiger partial charge in [-0.25, -0.2) is 0 Å². The van der Waals surface area contributed by atoms with Crippen molar-refractivity contribution in [2.75, 3.05) is 0 Å². The largest absolute Gasteiger partial charge is 0.431 e. The molecule has 10 heavy (non-hydrogen) atoms. The lowest BCUT2D eigenvalue weighted by Crippen LogP contribution is -2.33.